The maximum atomic E-state index is 13.1. The van der Waals surface area contributed by atoms with E-state index in [9.17, 15) is 19.1 Å². The summed E-state index contributed by atoms with van der Waals surface area (Å²) in [6.45, 7) is 0.439. The number of carbonyl (C=O) groups excluding carboxylic acids is 1. The molecule has 2 fully saturated rings. The Morgan fingerprint density at radius 1 is 1.33 bits per heavy atom. The van der Waals surface area contributed by atoms with Gasteiger partial charge < -0.3 is 10.0 Å². The van der Waals surface area contributed by atoms with Crippen LogP contribution >= 0.6 is 11.6 Å². The Balaban J connectivity index is 1.91. The van der Waals surface area contributed by atoms with Crippen LogP contribution in [0.25, 0.3) is 0 Å². The zero-order chi connectivity index (χ0) is 15.1. The van der Waals surface area contributed by atoms with E-state index in [1.807, 2.05) is 0 Å². The van der Waals surface area contributed by atoms with Gasteiger partial charge in [-0.2, -0.15) is 0 Å². The topological polar surface area (TPSA) is 57.6 Å². The van der Waals surface area contributed by atoms with Gasteiger partial charge in [-0.05, 0) is 42.9 Å². The lowest BCUT2D eigenvalue weighted by molar-refractivity contribution is -0.142. The van der Waals surface area contributed by atoms with Crippen molar-refractivity contribution in [2.75, 3.05) is 6.54 Å². The van der Waals surface area contributed by atoms with Gasteiger partial charge in [0.15, 0.2) is 0 Å². The number of carboxylic acid groups (broad SMARTS) is 1. The molecule has 21 heavy (non-hydrogen) atoms. The fourth-order valence-corrected chi connectivity index (χ4v) is 3.90. The van der Waals surface area contributed by atoms with E-state index in [4.69, 9.17) is 11.6 Å². The highest BCUT2D eigenvalue weighted by molar-refractivity contribution is 6.33. The van der Waals surface area contributed by atoms with Gasteiger partial charge in [-0.3, -0.25) is 4.79 Å². The van der Waals surface area contributed by atoms with E-state index in [0.717, 1.165) is 31.4 Å². The van der Waals surface area contributed by atoms with Crippen LogP contribution in [-0.4, -0.2) is 34.5 Å². The fourth-order valence-electron chi connectivity index (χ4n) is 3.65. The molecule has 112 valence electrons. The van der Waals surface area contributed by atoms with Crippen LogP contribution in [0.1, 0.15) is 29.6 Å². The lowest BCUT2D eigenvalue weighted by atomic mass is 9.94. The number of rotatable bonds is 2. The first kappa shape index (κ1) is 14.3. The van der Waals surface area contributed by atoms with Crippen molar-refractivity contribution < 1.29 is 19.1 Å². The first-order valence-electron chi connectivity index (χ1n) is 6.98. The van der Waals surface area contributed by atoms with E-state index in [2.05, 4.69) is 0 Å². The predicted octanol–water partition coefficient (Wildman–Crippen LogP) is 2.80. The molecule has 2 aliphatic rings. The summed E-state index contributed by atoms with van der Waals surface area (Å²) in [6, 6.07) is 2.74. The molecule has 1 aromatic carbocycles. The molecule has 0 bridgehead atoms. The number of hydrogen-bond donors (Lipinski definition) is 1. The van der Waals surface area contributed by atoms with Crippen LogP contribution < -0.4 is 0 Å². The van der Waals surface area contributed by atoms with E-state index < -0.39 is 23.7 Å². The van der Waals surface area contributed by atoms with Crippen molar-refractivity contribution in [1.29, 1.82) is 0 Å². The van der Waals surface area contributed by atoms with Crippen molar-refractivity contribution >= 4 is 23.5 Å². The molecule has 1 saturated carbocycles. The zero-order valence-corrected chi connectivity index (χ0v) is 12.0. The summed E-state index contributed by atoms with van der Waals surface area (Å²) in [5.74, 6) is -1.66. The van der Waals surface area contributed by atoms with Crippen molar-refractivity contribution in [2.24, 2.45) is 11.8 Å². The normalized spacial score (nSPS) is 27.7. The molecule has 0 radical (unpaired) electrons. The Kier molecular flexibility index (Phi) is 3.61. The van der Waals surface area contributed by atoms with Crippen LogP contribution in [0.2, 0.25) is 5.02 Å². The van der Waals surface area contributed by atoms with Gasteiger partial charge in [0, 0.05) is 6.54 Å². The highest BCUT2D eigenvalue weighted by atomic mass is 35.5. The summed E-state index contributed by atoms with van der Waals surface area (Å²) in [6.07, 6.45) is 2.80. The number of halogens is 2. The van der Waals surface area contributed by atoms with Crippen LogP contribution in [0, 0.1) is 17.7 Å². The second-order valence-corrected chi connectivity index (χ2v) is 6.13. The van der Waals surface area contributed by atoms with Gasteiger partial charge in [-0.25, -0.2) is 9.18 Å². The molecular weight excluding hydrogens is 297 g/mol. The molecule has 1 aliphatic heterocycles. The molecule has 1 aromatic rings. The second kappa shape index (κ2) is 5.30. The van der Waals surface area contributed by atoms with Crippen LogP contribution in [0.3, 0.4) is 0 Å². The highest BCUT2D eigenvalue weighted by Gasteiger charge is 2.49. The maximum absolute atomic E-state index is 13.1. The minimum atomic E-state index is -0.976. The molecule has 3 atom stereocenters. The fraction of sp³-hybridized carbons (Fsp3) is 0.467. The number of nitrogens with zero attached hydrogens (tertiary/aromatic N) is 1. The molecule has 3 rings (SSSR count). The molecular formula is C15H15ClFNO3. The number of likely N-dealkylation sites (tertiary alicyclic amines) is 1. The number of aliphatic carboxylic acids is 1. The Morgan fingerprint density at radius 2 is 2.10 bits per heavy atom. The number of carbonyl (C=O) groups is 2. The second-order valence-electron chi connectivity index (χ2n) is 5.72. The summed E-state index contributed by atoms with van der Waals surface area (Å²) in [4.78, 5) is 25.5. The van der Waals surface area contributed by atoms with Crippen LogP contribution in [0.15, 0.2) is 18.2 Å². The first-order chi connectivity index (χ1) is 9.99. The molecule has 0 spiro atoms. The van der Waals surface area contributed by atoms with Crippen LogP contribution in [0.5, 0.6) is 0 Å². The van der Waals surface area contributed by atoms with E-state index >= 15 is 0 Å². The van der Waals surface area contributed by atoms with Crippen molar-refractivity contribution in [3.05, 3.63) is 34.6 Å². The Labute approximate surface area is 126 Å². The lowest BCUT2D eigenvalue weighted by Crippen LogP contribution is -2.43. The van der Waals surface area contributed by atoms with Gasteiger partial charge >= 0.3 is 5.97 Å². The number of hydrogen-bond acceptors (Lipinski definition) is 2. The lowest BCUT2D eigenvalue weighted by Gasteiger charge is -2.24. The summed E-state index contributed by atoms with van der Waals surface area (Å²) >= 11 is 5.92. The quantitative estimate of drug-likeness (QED) is 0.913. The zero-order valence-electron chi connectivity index (χ0n) is 11.3. The minimum Gasteiger partial charge on any atom is -0.480 e. The standard InChI is InChI=1S/C15H15ClFNO3/c16-12-6-9(17)4-5-11(12)14(19)18-7-8-2-1-3-10(8)13(18)15(20)21/h4-6,8,10,13H,1-3,7H2,(H,20,21). The monoisotopic (exact) mass is 311 g/mol. The highest BCUT2D eigenvalue weighted by Crippen LogP contribution is 2.43. The summed E-state index contributed by atoms with van der Waals surface area (Å²) in [5.41, 5.74) is 0.157. The third-order valence-electron chi connectivity index (χ3n) is 4.57. The van der Waals surface area contributed by atoms with E-state index in [1.54, 1.807) is 0 Å². The molecule has 1 heterocycles. The van der Waals surface area contributed by atoms with Gasteiger partial charge in [0.25, 0.3) is 5.91 Å². The molecule has 6 heteroatoms. The third-order valence-corrected chi connectivity index (χ3v) is 4.88. The van der Waals surface area contributed by atoms with Crippen LogP contribution in [0.4, 0.5) is 4.39 Å². The Morgan fingerprint density at radius 3 is 2.76 bits per heavy atom. The van der Waals surface area contributed by atoms with Crippen molar-refractivity contribution in [2.45, 2.75) is 25.3 Å². The SMILES string of the molecule is O=C(O)C1C2CCCC2CN1C(=O)c1ccc(F)cc1Cl. The average Bonchev–Trinajstić information content (AvgIpc) is 2.96. The maximum Gasteiger partial charge on any atom is 0.326 e. The minimum absolute atomic E-state index is 0.0150. The summed E-state index contributed by atoms with van der Waals surface area (Å²) in [7, 11) is 0. The predicted molar refractivity (Wildman–Crippen MR) is 74.7 cm³/mol. The molecule has 3 unspecified atom stereocenters. The van der Waals surface area contributed by atoms with E-state index in [-0.39, 0.29) is 22.4 Å². The van der Waals surface area contributed by atoms with Crippen molar-refractivity contribution in [3.63, 3.8) is 0 Å². The Hall–Kier alpha value is -1.62. The number of fused-ring (bicyclic) bond motifs is 1. The first-order valence-corrected chi connectivity index (χ1v) is 7.35. The number of amides is 1. The van der Waals surface area contributed by atoms with Gasteiger partial charge in [-0.15, -0.1) is 0 Å². The summed E-state index contributed by atoms with van der Waals surface area (Å²) < 4.78 is 13.1. The third kappa shape index (κ3) is 2.39. The molecule has 1 N–H and O–H groups in total. The van der Waals surface area contributed by atoms with Gasteiger partial charge in [0.05, 0.1) is 10.6 Å². The van der Waals surface area contributed by atoms with E-state index in [1.165, 1.54) is 11.0 Å². The van der Waals surface area contributed by atoms with Gasteiger partial charge in [-0.1, -0.05) is 18.0 Å². The number of benzene rings is 1. The Bertz CT molecular complexity index is 607. The smallest absolute Gasteiger partial charge is 0.326 e. The van der Waals surface area contributed by atoms with Crippen molar-refractivity contribution in [3.8, 4) is 0 Å². The molecule has 1 saturated heterocycles. The van der Waals surface area contributed by atoms with Gasteiger partial charge in [0.1, 0.15) is 11.9 Å². The molecule has 4 nitrogen and oxygen atoms in total. The molecule has 0 aromatic heterocycles. The number of carboxylic acids is 1. The van der Waals surface area contributed by atoms with E-state index in [0.29, 0.717) is 6.54 Å². The molecule has 1 amide bonds. The average molecular weight is 312 g/mol. The van der Waals surface area contributed by atoms with Crippen LogP contribution in [-0.2, 0) is 4.79 Å². The largest absolute Gasteiger partial charge is 0.480 e. The summed E-state index contributed by atoms with van der Waals surface area (Å²) in [5, 5.41) is 9.47. The molecule has 1 aliphatic carbocycles. The van der Waals surface area contributed by atoms with Gasteiger partial charge in [0.2, 0.25) is 0 Å². The van der Waals surface area contributed by atoms with Crippen molar-refractivity contribution in [1.82, 2.24) is 4.90 Å².